The third-order valence-corrected chi connectivity index (χ3v) is 2.18. The number of amides is 1. The van der Waals surface area contributed by atoms with Gasteiger partial charge in [0.2, 0.25) is 0 Å². The third kappa shape index (κ3) is 4.71. The third-order valence-electron chi connectivity index (χ3n) is 2.18. The van der Waals surface area contributed by atoms with Gasteiger partial charge in [0.1, 0.15) is 11.4 Å². The van der Waals surface area contributed by atoms with Gasteiger partial charge in [-0.05, 0) is 39.0 Å². The fourth-order valence-electron chi connectivity index (χ4n) is 1.40. The summed E-state index contributed by atoms with van der Waals surface area (Å²) < 4.78 is 18.5. The fraction of sp³-hybridized carbons (Fsp3) is 0.357. The van der Waals surface area contributed by atoms with Crippen molar-refractivity contribution in [3.05, 3.63) is 42.2 Å². The van der Waals surface area contributed by atoms with Gasteiger partial charge in [0, 0.05) is 11.3 Å². The molecule has 4 nitrogen and oxygen atoms in total. The molecule has 0 heterocycles. The molecule has 1 unspecified atom stereocenters. The number of anilines is 1. The van der Waals surface area contributed by atoms with E-state index >= 15 is 0 Å². The van der Waals surface area contributed by atoms with Gasteiger partial charge in [0.05, 0.1) is 6.10 Å². The highest BCUT2D eigenvalue weighted by atomic mass is 19.1. The smallest absolute Gasteiger partial charge is 0.412 e. The molecule has 104 valence electrons. The Morgan fingerprint density at radius 1 is 1.53 bits per heavy atom. The maximum atomic E-state index is 13.5. The average molecular weight is 267 g/mol. The molecule has 1 aromatic carbocycles. The first-order chi connectivity index (χ1) is 8.73. The highest BCUT2D eigenvalue weighted by Gasteiger charge is 2.17. The molecule has 1 amide bonds. The number of carbonyl (C=O) groups excluding carboxylic acids is 1. The molecule has 0 saturated heterocycles. The van der Waals surface area contributed by atoms with Crippen molar-refractivity contribution in [1.29, 1.82) is 0 Å². The van der Waals surface area contributed by atoms with Crippen LogP contribution in [0.4, 0.5) is 14.9 Å². The van der Waals surface area contributed by atoms with Gasteiger partial charge in [-0.3, -0.25) is 5.32 Å². The van der Waals surface area contributed by atoms with E-state index in [9.17, 15) is 14.3 Å². The summed E-state index contributed by atoms with van der Waals surface area (Å²) in [5, 5.41) is 12.0. The van der Waals surface area contributed by atoms with Crippen LogP contribution < -0.4 is 5.32 Å². The van der Waals surface area contributed by atoms with E-state index in [-0.39, 0.29) is 5.56 Å². The summed E-state index contributed by atoms with van der Waals surface area (Å²) >= 11 is 0. The number of halogens is 1. The van der Waals surface area contributed by atoms with Crippen LogP contribution in [0, 0.1) is 5.82 Å². The zero-order valence-electron chi connectivity index (χ0n) is 11.2. The summed E-state index contributed by atoms with van der Waals surface area (Å²) in [7, 11) is 0. The van der Waals surface area contributed by atoms with Crippen LogP contribution in [0.1, 0.15) is 32.4 Å². The Morgan fingerprint density at radius 2 is 2.16 bits per heavy atom. The van der Waals surface area contributed by atoms with Crippen molar-refractivity contribution < 1.29 is 19.0 Å². The molecule has 0 aromatic heterocycles. The number of nitrogens with one attached hydrogen (secondary N) is 1. The van der Waals surface area contributed by atoms with Crippen molar-refractivity contribution in [3.63, 3.8) is 0 Å². The molecule has 0 radical (unpaired) electrons. The van der Waals surface area contributed by atoms with E-state index in [0.717, 1.165) is 6.07 Å². The first kappa shape index (κ1) is 15.2. The van der Waals surface area contributed by atoms with E-state index < -0.39 is 23.6 Å². The number of aliphatic hydroxyl groups is 1. The van der Waals surface area contributed by atoms with Crippen LogP contribution in [0.3, 0.4) is 0 Å². The first-order valence-corrected chi connectivity index (χ1v) is 5.83. The van der Waals surface area contributed by atoms with Crippen molar-refractivity contribution in [1.82, 2.24) is 0 Å². The molecule has 1 rings (SSSR count). The Hall–Kier alpha value is -1.88. The standard InChI is InChI=1S/C14H18FNO3/c1-5-12(17)10-8-9(6-7-11(10)15)16-13(18)19-14(2,3)4/h5-8,12,17H,1H2,2-4H3,(H,16,18). The van der Waals surface area contributed by atoms with Crippen LogP contribution in [-0.4, -0.2) is 16.8 Å². The van der Waals surface area contributed by atoms with E-state index in [1.54, 1.807) is 20.8 Å². The van der Waals surface area contributed by atoms with Crippen LogP contribution >= 0.6 is 0 Å². The summed E-state index contributed by atoms with van der Waals surface area (Å²) in [4.78, 5) is 11.6. The maximum absolute atomic E-state index is 13.5. The predicted molar refractivity (Wildman–Crippen MR) is 71.4 cm³/mol. The molecule has 0 aliphatic heterocycles. The second-order valence-electron chi connectivity index (χ2n) is 5.04. The number of ether oxygens (including phenoxy) is 1. The highest BCUT2D eigenvalue weighted by Crippen LogP contribution is 2.22. The molecule has 5 heteroatoms. The Kier molecular flexibility index (Phi) is 4.67. The largest absolute Gasteiger partial charge is 0.444 e. The van der Waals surface area contributed by atoms with Crippen LogP contribution in [0.15, 0.2) is 30.9 Å². The average Bonchev–Trinajstić information content (AvgIpc) is 2.28. The van der Waals surface area contributed by atoms with Gasteiger partial charge in [0.25, 0.3) is 0 Å². The molecule has 0 aliphatic carbocycles. The molecule has 2 N–H and O–H groups in total. The summed E-state index contributed by atoms with van der Waals surface area (Å²) in [6.07, 6.45) is -0.561. The summed E-state index contributed by atoms with van der Waals surface area (Å²) in [5.74, 6) is -0.567. The lowest BCUT2D eigenvalue weighted by atomic mass is 10.1. The van der Waals surface area contributed by atoms with Gasteiger partial charge in [-0.2, -0.15) is 0 Å². The number of hydrogen-bond donors (Lipinski definition) is 2. The Labute approximate surface area is 111 Å². The second kappa shape index (κ2) is 5.84. The lowest BCUT2D eigenvalue weighted by Gasteiger charge is -2.20. The summed E-state index contributed by atoms with van der Waals surface area (Å²) in [6.45, 7) is 8.61. The summed E-state index contributed by atoms with van der Waals surface area (Å²) in [5.41, 5.74) is -0.233. The lowest BCUT2D eigenvalue weighted by Crippen LogP contribution is -2.27. The minimum absolute atomic E-state index is 0.0450. The normalized spacial score (nSPS) is 12.7. The van der Waals surface area contributed by atoms with E-state index in [0.29, 0.717) is 5.69 Å². The molecule has 1 aromatic rings. The van der Waals surface area contributed by atoms with Gasteiger partial charge in [0.15, 0.2) is 0 Å². The van der Waals surface area contributed by atoms with E-state index in [4.69, 9.17) is 4.74 Å². The summed E-state index contributed by atoms with van der Waals surface area (Å²) in [6, 6.07) is 3.89. The number of aliphatic hydroxyl groups excluding tert-OH is 1. The van der Waals surface area contributed by atoms with Crippen molar-refractivity contribution >= 4 is 11.8 Å². The zero-order chi connectivity index (χ0) is 14.6. The molecule has 0 aliphatic rings. The van der Waals surface area contributed by atoms with Crippen molar-refractivity contribution in [2.45, 2.75) is 32.5 Å². The Balaban J connectivity index is 2.86. The van der Waals surface area contributed by atoms with Crippen LogP contribution in [-0.2, 0) is 4.74 Å². The molecule has 0 fully saturated rings. The van der Waals surface area contributed by atoms with Crippen molar-refractivity contribution in [3.8, 4) is 0 Å². The number of carbonyl (C=O) groups is 1. The zero-order valence-corrected chi connectivity index (χ0v) is 11.2. The molecule has 0 bridgehead atoms. The van der Waals surface area contributed by atoms with E-state index in [1.165, 1.54) is 18.2 Å². The minimum Gasteiger partial charge on any atom is -0.444 e. The predicted octanol–water partition coefficient (Wildman–Crippen LogP) is 3.39. The molecular formula is C14H18FNO3. The van der Waals surface area contributed by atoms with Crippen LogP contribution in [0.25, 0.3) is 0 Å². The number of rotatable bonds is 3. The molecule has 19 heavy (non-hydrogen) atoms. The molecule has 0 spiro atoms. The minimum atomic E-state index is -1.12. The monoisotopic (exact) mass is 267 g/mol. The van der Waals surface area contributed by atoms with Crippen molar-refractivity contribution in [2.75, 3.05) is 5.32 Å². The number of benzene rings is 1. The topological polar surface area (TPSA) is 58.6 Å². The second-order valence-corrected chi connectivity index (χ2v) is 5.04. The van der Waals surface area contributed by atoms with E-state index in [1.807, 2.05) is 0 Å². The highest BCUT2D eigenvalue weighted by molar-refractivity contribution is 5.85. The van der Waals surface area contributed by atoms with Gasteiger partial charge in [-0.25, -0.2) is 9.18 Å². The van der Waals surface area contributed by atoms with Crippen LogP contribution in [0.2, 0.25) is 0 Å². The molecule has 1 atom stereocenters. The van der Waals surface area contributed by atoms with Crippen molar-refractivity contribution in [2.24, 2.45) is 0 Å². The Morgan fingerprint density at radius 3 is 2.68 bits per heavy atom. The van der Waals surface area contributed by atoms with Gasteiger partial charge in [-0.1, -0.05) is 6.08 Å². The molecular weight excluding hydrogens is 249 g/mol. The fourth-order valence-corrected chi connectivity index (χ4v) is 1.40. The van der Waals surface area contributed by atoms with Crippen LogP contribution in [0.5, 0.6) is 0 Å². The first-order valence-electron chi connectivity index (χ1n) is 5.83. The number of hydrogen-bond acceptors (Lipinski definition) is 3. The quantitative estimate of drug-likeness (QED) is 0.825. The lowest BCUT2D eigenvalue weighted by molar-refractivity contribution is 0.0636. The van der Waals surface area contributed by atoms with Gasteiger partial charge < -0.3 is 9.84 Å². The Bertz CT molecular complexity index is 480. The maximum Gasteiger partial charge on any atom is 0.412 e. The SMILES string of the molecule is C=CC(O)c1cc(NC(=O)OC(C)(C)C)ccc1F. The molecule has 0 saturated carbocycles. The van der Waals surface area contributed by atoms with Gasteiger partial charge >= 0.3 is 6.09 Å². The van der Waals surface area contributed by atoms with Gasteiger partial charge in [-0.15, -0.1) is 6.58 Å². The van der Waals surface area contributed by atoms with E-state index in [2.05, 4.69) is 11.9 Å².